The summed E-state index contributed by atoms with van der Waals surface area (Å²) >= 11 is 0. The minimum absolute atomic E-state index is 0.133. The van der Waals surface area contributed by atoms with Crippen LogP contribution in [-0.4, -0.2) is 50.8 Å². The number of carbonyl (C=O) groups excluding carboxylic acids is 3. The molecule has 0 aromatic heterocycles. The summed E-state index contributed by atoms with van der Waals surface area (Å²) in [4.78, 5) is 35.0. The van der Waals surface area contributed by atoms with E-state index in [1.807, 2.05) is 30.3 Å². The summed E-state index contributed by atoms with van der Waals surface area (Å²) in [5, 5.41) is 8.90. The SMILES string of the molecule is COCCNC(=O)C(=O)N/N=C\c1cccc(OCC(=O)NCc2ccccc2)c1. The lowest BCUT2D eigenvalue weighted by molar-refractivity contribution is -0.139. The van der Waals surface area contributed by atoms with E-state index in [1.165, 1.54) is 13.3 Å². The Labute approximate surface area is 174 Å². The normalized spacial score (nSPS) is 10.4. The Morgan fingerprint density at radius 1 is 1.00 bits per heavy atom. The van der Waals surface area contributed by atoms with Crippen molar-refractivity contribution in [2.45, 2.75) is 6.54 Å². The van der Waals surface area contributed by atoms with Crippen molar-refractivity contribution in [3.8, 4) is 5.75 Å². The maximum absolute atomic E-state index is 11.9. The highest BCUT2D eigenvalue weighted by molar-refractivity contribution is 6.35. The van der Waals surface area contributed by atoms with Gasteiger partial charge in [-0.25, -0.2) is 5.43 Å². The highest BCUT2D eigenvalue weighted by Gasteiger charge is 2.11. The summed E-state index contributed by atoms with van der Waals surface area (Å²) < 4.78 is 10.3. The number of ether oxygens (including phenoxy) is 2. The van der Waals surface area contributed by atoms with Crippen LogP contribution in [0.5, 0.6) is 5.75 Å². The molecule has 0 atom stereocenters. The first-order chi connectivity index (χ1) is 14.6. The minimum Gasteiger partial charge on any atom is -0.484 e. The van der Waals surface area contributed by atoms with Gasteiger partial charge in [-0.15, -0.1) is 0 Å². The highest BCUT2D eigenvalue weighted by Crippen LogP contribution is 2.11. The molecule has 0 unspecified atom stereocenters. The van der Waals surface area contributed by atoms with Gasteiger partial charge in [0.25, 0.3) is 5.91 Å². The van der Waals surface area contributed by atoms with Gasteiger partial charge in [0.1, 0.15) is 5.75 Å². The zero-order valence-electron chi connectivity index (χ0n) is 16.6. The maximum atomic E-state index is 11.9. The largest absolute Gasteiger partial charge is 0.484 e. The number of hydrogen-bond acceptors (Lipinski definition) is 6. The van der Waals surface area contributed by atoms with Crippen LogP contribution in [0.3, 0.4) is 0 Å². The predicted octanol–water partition coefficient (Wildman–Crippen LogP) is 0.595. The molecule has 2 aromatic carbocycles. The van der Waals surface area contributed by atoms with Crippen molar-refractivity contribution in [2.75, 3.05) is 26.9 Å². The summed E-state index contributed by atoms with van der Waals surface area (Å²) in [5.41, 5.74) is 3.75. The first-order valence-electron chi connectivity index (χ1n) is 9.22. The van der Waals surface area contributed by atoms with Crippen LogP contribution in [0.15, 0.2) is 59.7 Å². The van der Waals surface area contributed by atoms with E-state index in [2.05, 4.69) is 21.2 Å². The molecule has 0 aliphatic rings. The zero-order valence-corrected chi connectivity index (χ0v) is 16.6. The molecule has 9 nitrogen and oxygen atoms in total. The van der Waals surface area contributed by atoms with Gasteiger partial charge in [-0.3, -0.25) is 14.4 Å². The van der Waals surface area contributed by atoms with E-state index >= 15 is 0 Å². The van der Waals surface area contributed by atoms with Crippen LogP contribution in [0.2, 0.25) is 0 Å². The number of nitrogens with zero attached hydrogens (tertiary/aromatic N) is 1. The highest BCUT2D eigenvalue weighted by atomic mass is 16.5. The average Bonchev–Trinajstić information content (AvgIpc) is 2.77. The van der Waals surface area contributed by atoms with Crippen molar-refractivity contribution in [2.24, 2.45) is 5.10 Å². The van der Waals surface area contributed by atoms with Gasteiger partial charge in [0.05, 0.1) is 12.8 Å². The quantitative estimate of drug-likeness (QED) is 0.229. The number of carbonyl (C=O) groups is 3. The van der Waals surface area contributed by atoms with Gasteiger partial charge in [0, 0.05) is 20.2 Å². The average molecular weight is 412 g/mol. The first kappa shape index (κ1) is 22.6. The second-order valence-electron chi connectivity index (χ2n) is 6.07. The maximum Gasteiger partial charge on any atom is 0.329 e. The number of rotatable bonds is 10. The van der Waals surface area contributed by atoms with Crippen LogP contribution >= 0.6 is 0 Å². The van der Waals surface area contributed by atoms with E-state index < -0.39 is 11.8 Å². The molecule has 0 aliphatic carbocycles. The number of hydrazone groups is 1. The monoisotopic (exact) mass is 412 g/mol. The Bertz CT molecular complexity index is 871. The summed E-state index contributed by atoms with van der Waals surface area (Å²) in [6.45, 7) is 0.824. The van der Waals surface area contributed by atoms with Crippen molar-refractivity contribution < 1.29 is 23.9 Å². The van der Waals surface area contributed by atoms with Crippen LogP contribution in [0.25, 0.3) is 0 Å². The van der Waals surface area contributed by atoms with Crippen LogP contribution in [0.4, 0.5) is 0 Å². The molecule has 0 aliphatic heterocycles. The third-order valence-corrected chi connectivity index (χ3v) is 3.74. The molecular formula is C21H24N4O5. The summed E-state index contributed by atoms with van der Waals surface area (Å²) in [5.74, 6) is -1.46. The Kier molecular flexibility index (Phi) is 9.54. The van der Waals surface area contributed by atoms with E-state index in [1.54, 1.807) is 24.3 Å². The predicted molar refractivity (Wildman–Crippen MR) is 111 cm³/mol. The molecule has 30 heavy (non-hydrogen) atoms. The number of hydrogen-bond donors (Lipinski definition) is 3. The first-order valence-corrected chi connectivity index (χ1v) is 9.22. The van der Waals surface area contributed by atoms with Crippen LogP contribution in [0, 0.1) is 0 Å². The molecule has 3 N–H and O–H groups in total. The molecule has 0 saturated carbocycles. The molecule has 0 spiro atoms. The molecule has 2 aromatic rings. The Hall–Kier alpha value is -3.72. The molecule has 2 rings (SSSR count). The second-order valence-corrected chi connectivity index (χ2v) is 6.07. The second kappa shape index (κ2) is 12.7. The van der Waals surface area contributed by atoms with Gasteiger partial charge < -0.3 is 20.1 Å². The van der Waals surface area contributed by atoms with Crippen molar-refractivity contribution in [3.63, 3.8) is 0 Å². The van der Waals surface area contributed by atoms with E-state index in [0.29, 0.717) is 24.5 Å². The molecule has 0 heterocycles. The van der Waals surface area contributed by atoms with Crippen LogP contribution < -0.4 is 20.8 Å². The zero-order chi connectivity index (χ0) is 21.6. The fourth-order valence-electron chi connectivity index (χ4n) is 2.24. The lowest BCUT2D eigenvalue weighted by atomic mass is 10.2. The number of nitrogens with one attached hydrogen (secondary N) is 3. The van der Waals surface area contributed by atoms with Gasteiger partial charge in [0.2, 0.25) is 0 Å². The Morgan fingerprint density at radius 2 is 1.80 bits per heavy atom. The molecule has 3 amide bonds. The molecule has 158 valence electrons. The van der Waals surface area contributed by atoms with E-state index in [4.69, 9.17) is 9.47 Å². The molecule has 0 bridgehead atoms. The van der Waals surface area contributed by atoms with E-state index in [0.717, 1.165) is 5.56 Å². The standard InChI is InChI=1S/C21H24N4O5/c1-29-11-10-22-20(27)21(28)25-24-14-17-8-5-9-18(12-17)30-15-19(26)23-13-16-6-3-2-4-7-16/h2-9,12,14H,10-11,13,15H2,1H3,(H,22,27)(H,23,26)(H,25,28)/b24-14-. The van der Waals surface area contributed by atoms with Crippen molar-refractivity contribution >= 4 is 23.9 Å². The molecule has 0 radical (unpaired) electrons. The number of benzene rings is 2. The molecule has 9 heteroatoms. The molecular weight excluding hydrogens is 388 g/mol. The number of amides is 3. The fourth-order valence-corrected chi connectivity index (χ4v) is 2.24. The lowest BCUT2D eigenvalue weighted by Crippen LogP contribution is -2.39. The van der Waals surface area contributed by atoms with Gasteiger partial charge in [-0.1, -0.05) is 42.5 Å². The van der Waals surface area contributed by atoms with Crippen LogP contribution in [-0.2, 0) is 25.7 Å². The number of methoxy groups -OCH3 is 1. The van der Waals surface area contributed by atoms with Crippen molar-refractivity contribution in [3.05, 3.63) is 65.7 Å². The third kappa shape index (κ3) is 8.53. The minimum atomic E-state index is -0.884. The third-order valence-electron chi connectivity index (χ3n) is 3.74. The Morgan fingerprint density at radius 3 is 2.57 bits per heavy atom. The molecule has 0 saturated heterocycles. The summed E-state index contributed by atoms with van der Waals surface area (Å²) in [7, 11) is 1.49. The van der Waals surface area contributed by atoms with Crippen LogP contribution in [0.1, 0.15) is 11.1 Å². The summed E-state index contributed by atoms with van der Waals surface area (Å²) in [6.07, 6.45) is 1.36. The van der Waals surface area contributed by atoms with Gasteiger partial charge in [0.15, 0.2) is 6.61 Å². The van der Waals surface area contributed by atoms with Gasteiger partial charge in [-0.2, -0.15) is 5.10 Å². The fraction of sp³-hybridized carbons (Fsp3) is 0.238. The Balaban J connectivity index is 1.75. The van der Waals surface area contributed by atoms with Gasteiger partial charge in [-0.05, 0) is 23.3 Å². The lowest BCUT2D eigenvalue weighted by Gasteiger charge is -2.08. The molecule has 0 fully saturated rings. The van der Waals surface area contributed by atoms with E-state index in [-0.39, 0.29) is 19.1 Å². The van der Waals surface area contributed by atoms with Crippen molar-refractivity contribution in [1.29, 1.82) is 0 Å². The van der Waals surface area contributed by atoms with Gasteiger partial charge >= 0.3 is 11.8 Å². The topological polar surface area (TPSA) is 118 Å². The summed E-state index contributed by atoms with van der Waals surface area (Å²) in [6, 6.07) is 16.4. The van der Waals surface area contributed by atoms with Crippen molar-refractivity contribution in [1.82, 2.24) is 16.1 Å². The smallest absolute Gasteiger partial charge is 0.329 e. The van der Waals surface area contributed by atoms with E-state index in [9.17, 15) is 14.4 Å².